The summed E-state index contributed by atoms with van der Waals surface area (Å²) >= 11 is 3.56. The number of fused-ring (bicyclic) bond motifs is 30. The van der Waals surface area contributed by atoms with Gasteiger partial charge in [0.1, 0.15) is 0 Å². The van der Waals surface area contributed by atoms with Crippen LogP contribution >= 0.6 is 15.9 Å². The van der Waals surface area contributed by atoms with Gasteiger partial charge in [-0.2, -0.15) is 0 Å². The van der Waals surface area contributed by atoms with E-state index in [1.54, 1.807) is 0 Å². The highest BCUT2D eigenvalue weighted by molar-refractivity contribution is 9.10. The number of unbranched alkanes of at least 4 members (excludes halogenated alkanes) is 2. The van der Waals surface area contributed by atoms with Crippen molar-refractivity contribution in [3.05, 3.63) is 339 Å². The van der Waals surface area contributed by atoms with Gasteiger partial charge in [0.25, 0.3) is 0 Å². The number of rotatable bonds is 3. The fourth-order valence-electron chi connectivity index (χ4n) is 19.5. The number of benzene rings is 16. The first-order valence-electron chi connectivity index (χ1n) is 37.7. The number of hydrogen-bond acceptors (Lipinski definition) is 0. The third-order valence-electron chi connectivity index (χ3n) is 24.9. The topological polar surface area (TPSA) is 4.93 Å². The summed E-state index contributed by atoms with van der Waals surface area (Å²) in [6, 6.07) is 105. The number of hydrogen-bond donors (Lipinski definition) is 0. The molecular weight excluding hydrogens is 1320 g/mol. The molecule has 0 saturated heterocycles. The normalized spacial score (nSPS) is 14.9. The van der Waals surface area contributed by atoms with E-state index < -0.39 is 0 Å². The average Bonchev–Trinajstić information content (AvgIpc) is 1.52. The maximum atomic E-state index is 3.56. The lowest BCUT2D eigenvalue weighted by Gasteiger charge is -2.23. The lowest BCUT2D eigenvalue weighted by Crippen LogP contribution is -2.15. The first kappa shape index (κ1) is 64.2. The summed E-state index contributed by atoms with van der Waals surface area (Å²) in [7, 11) is 0. The molecular formula is C102H84BrN. The molecule has 0 aliphatic heterocycles. The van der Waals surface area contributed by atoms with E-state index in [-0.39, 0.29) is 21.7 Å². The largest absolute Gasteiger partial charge is 0.309 e. The third kappa shape index (κ3) is 9.42. The van der Waals surface area contributed by atoms with Gasteiger partial charge in [-0.05, 0) is 249 Å². The van der Waals surface area contributed by atoms with E-state index in [0.717, 1.165) is 10.9 Å². The maximum Gasteiger partial charge on any atom is 0.0547 e. The van der Waals surface area contributed by atoms with Crippen molar-refractivity contribution in [1.82, 2.24) is 4.57 Å². The fourth-order valence-corrected chi connectivity index (χ4v) is 19.9. The summed E-state index contributed by atoms with van der Waals surface area (Å²) in [5.41, 5.74) is 31.9. The molecule has 1 heterocycles. The molecule has 5 aliphatic carbocycles. The van der Waals surface area contributed by atoms with E-state index >= 15 is 0 Å². The van der Waals surface area contributed by atoms with Crippen LogP contribution in [0.4, 0.5) is 0 Å². The van der Waals surface area contributed by atoms with Crippen molar-refractivity contribution in [2.24, 2.45) is 0 Å². The highest BCUT2D eigenvalue weighted by atomic mass is 79.9. The zero-order chi connectivity index (χ0) is 70.9. The second kappa shape index (κ2) is 23.7. The van der Waals surface area contributed by atoms with E-state index in [4.69, 9.17) is 0 Å². The summed E-state index contributed by atoms with van der Waals surface area (Å²) in [4.78, 5) is 0. The van der Waals surface area contributed by atoms with Crippen molar-refractivity contribution in [1.29, 1.82) is 0 Å². The number of aromatic nitrogens is 1. The van der Waals surface area contributed by atoms with Crippen LogP contribution in [0.25, 0.3) is 148 Å². The van der Waals surface area contributed by atoms with E-state index in [1.807, 2.05) is 0 Å². The molecule has 504 valence electrons. The first-order valence-corrected chi connectivity index (χ1v) is 38.5. The Morgan fingerprint density at radius 2 is 0.567 bits per heavy atom. The van der Waals surface area contributed by atoms with E-state index in [2.05, 4.69) is 369 Å². The van der Waals surface area contributed by atoms with Crippen LogP contribution in [0, 0.1) is 0 Å². The molecule has 17 aromatic rings. The van der Waals surface area contributed by atoms with Crippen LogP contribution in [0.1, 0.15) is 144 Å². The summed E-state index contributed by atoms with van der Waals surface area (Å²) in [6.45, 7) is 23.3. The van der Waals surface area contributed by atoms with Crippen molar-refractivity contribution in [3.8, 4) is 61.3 Å². The standard InChI is InChI=1S/C48H35N.C34H24.C15H13Br.C5H12/c1-47(2)41-19-11-9-17-33(41)35-22-21-28(23-43(35)47)49-45-26-37-32-16-8-6-14-30(32)29-13-5-7-15-31(29)36(37)24-39(45)40-25-38-34-18-10-12-20-42(34)48(3,4)44(38)27-46(40)49;1-34(2)32-14-8-7-13-26(32)31-19-28-21(17-33(31)34)15-20-16-29-24-11-5-3-9-22(24)23-10-4-6-12-25(23)30(29)18-27(20)28;1-15(2)13-6-4-3-5-11(13)12-8-7-10(16)9-14(12)15;1-3-5-4-2/h5-27H,1-4H3;3-14,16-19H,15H2,1-2H3;3-9H,1-2H3;3-5H2,1-2H3. The predicted octanol–water partition coefficient (Wildman–Crippen LogP) is 28.8. The monoisotopic (exact) mass is 1400 g/mol. The minimum atomic E-state index is -0.0832. The van der Waals surface area contributed by atoms with Gasteiger partial charge in [-0.3, -0.25) is 0 Å². The van der Waals surface area contributed by atoms with Gasteiger partial charge in [0.15, 0.2) is 0 Å². The van der Waals surface area contributed by atoms with Gasteiger partial charge < -0.3 is 4.57 Å². The molecule has 16 aromatic carbocycles. The zero-order valence-electron chi connectivity index (χ0n) is 61.2. The molecule has 0 amide bonds. The summed E-state index contributed by atoms with van der Waals surface area (Å²) in [5.74, 6) is 0. The van der Waals surface area contributed by atoms with Gasteiger partial charge in [0.05, 0.1) is 11.0 Å². The molecule has 2 heteroatoms. The van der Waals surface area contributed by atoms with Gasteiger partial charge in [0, 0.05) is 42.6 Å². The fraction of sp³-hybridized carbons (Fsp3) is 0.176. The molecule has 0 saturated carbocycles. The highest BCUT2D eigenvalue weighted by Gasteiger charge is 2.41. The van der Waals surface area contributed by atoms with Crippen LogP contribution in [0.2, 0.25) is 0 Å². The van der Waals surface area contributed by atoms with E-state index in [0.29, 0.717) is 0 Å². The Morgan fingerprint density at radius 3 is 1.04 bits per heavy atom. The average molecular weight is 1400 g/mol. The van der Waals surface area contributed by atoms with Gasteiger partial charge in [0.2, 0.25) is 0 Å². The van der Waals surface area contributed by atoms with Crippen LogP contribution in [-0.2, 0) is 28.1 Å². The van der Waals surface area contributed by atoms with Crippen LogP contribution in [0.15, 0.2) is 284 Å². The van der Waals surface area contributed by atoms with Crippen molar-refractivity contribution >= 4 is 102 Å². The molecule has 0 bridgehead atoms. The predicted molar refractivity (Wildman–Crippen MR) is 450 cm³/mol. The highest BCUT2D eigenvalue weighted by Crippen LogP contribution is 2.57. The molecule has 5 aliphatic rings. The molecule has 0 radical (unpaired) electrons. The van der Waals surface area contributed by atoms with Crippen LogP contribution < -0.4 is 0 Å². The van der Waals surface area contributed by atoms with Gasteiger partial charge >= 0.3 is 0 Å². The number of halogens is 1. The van der Waals surface area contributed by atoms with Crippen molar-refractivity contribution in [3.63, 3.8) is 0 Å². The van der Waals surface area contributed by atoms with Crippen molar-refractivity contribution in [2.75, 3.05) is 0 Å². The Bertz CT molecular complexity index is 6520. The summed E-state index contributed by atoms with van der Waals surface area (Å²) in [5, 5.41) is 18.6. The van der Waals surface area contributed by atoms with Crippen LogP contribution in [-0.4, -0.2) is 4.57 Å². The van der Waals surface area contributed by atoms with Gasteiger partial charge in [-0.15, -0.1) is 0 Å². The molecule has 0 atom stereocenters. The smallest absolute Gasteiger partial charge is 0.0547 e. The SMILES string of the molecule is CC1(C)c2ccccc2-c2cc3c(cc21)Cc1cc2c4ccccc4c4ccccc4c2cc1-3.CC1(C)c2ccccc2-c2ccc(-n3c4cc5c(cc4c4cc6c7ccccc7c7ccccc7c6cc43)-c3ccccc3C5(C)C)cc21.CC1(C)c2ccccc2-c2ccc(Br)cc21.CCCCC. The van der Waals surface area contributed by atoms with E-state index in [9.17, 15) is 0 Å². The summed E-state index contributed by atoms with van der Waals surface area (Å²) in [6.07, 6.45) is 5.09. The van der Waals surface area contributed by atoms with Crippen molar-refractivity contribution in [2.45, 2.75) is 117 Å². The quantitative estimate of drug-likeness (QED) is 0.155. The lowest BCUT2D eigenvalue weighted by atomic mass is 9.81. The molecule has 22 rings (SSSR count). The Balaban J connectivity index is 0.000000116. The van der Waals surface area contributed by atoms with Gasteiger partial charge in [-0.25, -0.2) is 0 Å². The Kier molecular flexibility index (Phi) is 14.6. The second-order valence-electron chi connectivity index (χ2n) is 32.1. The van der Waals surface area contributed by atoms with Crippen molar-refractivity contribution < 1.29 is 0 Å². The van der Waals surface area contributed by atoms with E-state index in [1.165, 1.54) is 223 Å². The molecule has 0 unspecified atom stereocenters. The Labute approximate surface area is 619 Å². The third-order valence-corrected chi connectivity index (χ3v) is 25.3. The molecule has 0 N–H and O–H groups in total. The Hall–Kier alpha value is -10.6. The minimum absolute atomic E-state index is 0.0485. The lowest BCUT2D eigenvalue weighted by molar-refractivity contribution is 0.659. The van der Waals surface area contributed by atoms with Crippen LogP contribution in [0.3, 0.4) is 0 Å². The Morgan fingerprint density at radius 1 is 0.250 bits per heavy atom. The molecule has 1 nitrogen and oxygen atoms in total. The maximum absolute atomic E-state index is 3.56. The molecule has 104 heavy (non-hydrogen) atoms. The minimum Gasteiger partial charge on any atom is -0.309 e. The number of nitrogens with zero attached hydrogens (tertiary/aromatic N) is 1. The second-order valence-corrected chi connectivity index (χ2v) is 33.0. The van der Waals surface area contributed by atoms with Crippen LogP contribution in [0.5, 0.6) is 0 Å². The van der Waals surface area contributed by atoms with Gasteiger partial charge in [-0.1, -0.05) is 317 Å². The molecule has 0 fully saturated rings. The zero-order valence-corrected chi connectivity index (χ0v) is 62.8. The first-order chi connectivity index (χ1) is 50.4. The summed E-state index contributed by atoms with van der Waals surface area (Å²) < 4.78 is 3.72. The molecule has 0 spiro atoms. The molecule has 1 aromatic heterocycles.